The minimum Gasteiger partial charge on any atom is -0.381 e. The van der Waals surface area contributed by atoms with Crippen LogP contribution in [0.3, 0.4) is 0 Å². The summed E-state index contributed by atoms with van der Waals surface area (Å²) in [5, 5.41) is 22.7. The number of carbonyl (C=O) groups excluding carboxylic acids is 5. The average Bonchev–Trinajstić information content (AvgIpc) is 3.92. The lowest BCUT2D eigenvalue weighted by Crippen LogP contribution is -2.59. The maximum atomic E-state index is 14.6. The van der Waals surface area contributed by atoms with Crippen molar-refractivity contribution in [3.8, 4) is 0 Å². The molecule has 1 aromatic heterocycles. The summed E-state index contributed by atoms with van der Waals surface area (Å²) in [5.74, 6) is -3.19. The summed E-state index contributed by atoms with van der Waals surface area (Å²) in [5.41, 5.74) is -0.708. The van der Waals surface area contributed by atoms with Gasteiger partial charge in [-0.25, -0.2) is 4.98 Å². The first kappa shape index (κ1) is 36.9. The first-order chi connectivity index (χ1) is 23.1. The Morgan fingerprint density at radius 3 is 2.24 bits per heavy atom. The monoisotopic (exact) mass is 680 g/mol. The second-order valence-corrected chi connectivity index (χ2v) is 16.6. The van der Waals surface area contributed by atoms with Crippen LogP contribution < -0.4 is 21.3 Å². The molecule has 4 amide bonds. The summed E-state index contributed by atoms with van der Waals surface area (Å²) in [6.07, 6.45) is 10.7. The summed E-state index contributed by atoms with van der Waals surface area (Å²) >= 11 is 0. The number of fused-ring (bicyclic) bond motifs is 1. The number of aliphatic hydroxyl groups excluding tert-OH is 1. The first-order valence-corrected chi connectivity index (χ1v) is 18.3. The van der Waals surface area contributed by atoms with Crippen LogP contribution in [0, 0.1) is 40.4 Å². The Kier molecular flexibility index (Phi) is 11.2. The Morgan fingerprint density at radius 1 is 0.959 bits per heavy atom. The molecule has 4 saturated carbocycles. The van der Waals surface area contributed by atoms with Crippen molar-refractivity contribution in [1.82, 2.24) is 31.2 Å². The van der Waals surface area contributed by atoms with Gasteiger partial charge in [0.2, 0.25) is 11.8 Å². The molecule has 49 heavy (non-hydrogen) atoms. The number of nitrogens with zero attached hydrogens (tertiary/aromatic N) is 2. The largest absolute Gasteiger partial charge is 0.381 e. The average molecular weight is 681 g/mol. The van der Waals surface area contributed by atoms with Crippen LogP contribution in [0.5, 0.6) is 0 Å². The zero-order chi connectivity index (χ0) is 35.7. The Bertz CT molecular complexity index is 1390. The molecule has 0 aliphatic heterocycles. The van der Waals surface area contributed by atoms with E-state index in [9.17, 15) is 29.1 Å². The molecule has 5 rings (SSSR count). The van der Waals surface area contributed by atoms with E-state index in [0.29, 0.717) is 19.3 Å². The van der Waals surface area contributed by atoms with Crippen molar-refractivity contribution in [2.24, 2.45) is 40.4 Å². The van der Waals surface area contributed by atoms with Crippen molar-refractivity contribution >= 4 is 29.4 Å². The molecule has 4 aliphatic carbocycles. The van der Waals surface area contributed by atoms with E-state index in [1.807, 2.05) is 27.7 Å². The van der Waals surface area contributed by atoms with E-state index in [2.05, 4.69) is 45.1 Å². The maximum Gasteiger partial charge on any atom is 0.272 e. The normalized spacial score (nSPS) is 27.1. The van der Waals surface area contributed by atoms with Crippen molar-refractivity contribution in [3.63, 3.8) is 0 Å². The van der Waals surface area contributed by atoms with Gasteiger partial charge in [-0.2, -0.15) is 0 Å². The number of nitrogens with one attached hydrogen (secondary N) is 4. The molecular weight excluding hydrogens is 624 g/mol. The third-order valence-corrected chi connectivity index (χ3v) is 11.6. The van der Waals surface area contributed by atoms with Gasteiger partial charge < -0.3 is 26.4 Å². The predicted octanol–water partition coefficient (Wildman–Crippen LogP) is 3.09. The van der Waals surface area contributed by atoms with Crippen molar-refractivity contribution in [1.29, 1.82) is 0 Å². The Balaban J connectivity index is 1.35. The molecule has 1 heterocycles. The van der Waals surface area contributed by atoms with Crippen molar-refractivity contribution < 1.29 is 29.1 Å². The molecule has 8 atom stereocenters. The topological polar surface area (TPSA) is 179 Å². The highest BCUT2D eigenvalue weighted by atomic mass is 16.3. The van der Waals surface area contributed by atoms with Gasteiger partial charge in [0.05, 0.1) is 24.2 Å². The molecule has 12 heteroatoms. The zero-order valence-corrected chi connectivity index (χ0v) is 30.0. The third-order valence-electron chi connectivity index (χ3n) is 11.6. The molecule has 5 N–H and O–H groups in total. The van der Waals surface area contributed by atoms with E-state index < -0.39 is 59.2 Å². The lowest BCUT2D eigenvalue weighted by molar-refractivity contribution is -0.140. The van der Waals surface area contributed by atoms with Crippen LogP contribution in [0.2, 0.25) is 0 Å². The number of ketones is 1. The number of rotatable bonds is 14. The predicted molar refractivity (Wildman–Crippen MR) is 183 cm³/mol. The number of aliphatic hydroxyl groups is 1. The molecule has 4 aliphatic rings. The van der Waals surface area contributed by atoms with E-state index in [1.54, 1.807) is 0 Å². The lowest BCUT2D eigenvalue weighted by Gasteiger charge is -2.37. The van der Waals surface area contributed by atoms with Crippen LogP contribution in [0.15, 0.2) is 18.6 Å². The molecule has 0 saturated heterocycles. The summed E-state index contributed by atoms with van der Waals surface area (Å²) in [6, 6.07) is -2.48. The van der Waals surface area contributed by atoms with Gasteiger partial charge in [-0.05, 0) is 67.1 Å². The molecule has 0 spiro atoms. The van der Waals surface area contributed by atoms with Gasteiger partial charge in [-0.1, -0.05) is 67.2 Å². The van der Waals surface area contributed by atoms with Gasteiger partial charge in [0.15, 0.2) is 11.9 Å². The van der Waals surface area contributed by atoms with E-state index in [-0.39, 0.29) is 46.6 Å². The maximum absolute atomic E-state index is 14.6. The van der Waals surface area contributed by atoms with Crippen molar-refractivity contribution in [2.75, 3.05) is 0 Å². The summed E-state index contributed by atoms with van der Waals surface area (Å²) in [4.78, 5) is 76.9. The number of amides is 4. The van der Waals surface area contributed by atoms with Crippen LogP contribution in [0.25, 0.3) is 0 Å². The molecule has 0 aromatic carbocycles. The summed E-state index contributed by atoms with van der Waals surface area (Å²) in [7, 11) is 0. The SMILES string of the molecule is CCC[C@H](NC(=O)[C@H]1C(C(=O)[C@@H](NC(=O)[C@@H](NC(=O)c2cnccn2)C2CCCCC2)C(C)(C)C)C[C@H]2[C@@H]1C2(C)C)C(O)C(=O)NC1CC1. The van der Waals surface area contributed by atoms with Gasteiger partial charge in [-0.15, -0.1) is 0 Å². The number of Topliss-reactive ketones (excluding diaryl/α,β-unsaturated/α-hetero) is 1. The van der Waals surface area contributed by atoms with E-state index in [0.717, 1.165) is 44.9 Å². The van der Waals surface area contributed by atoms with Gasteiger partial charge in [0.1, 0.15) is 11.7 Å². The number of hydrogen-bond acceptors (Lipinski definition) is 8. The summed E-state index contributed by atoms with van der Waals surface area (Å²) < 4.78 is 0. The standard InChI is InChI=1S/C37H56N6O6/c1-7-11-24(30(45)35(49)40-21-14-15-21)41-33(47)26-22(18-23-27(26)37(23,5)6)29(44)31(36(2,3)4)43-34(48)28(20-12-9-8-10-13-20)42-32(46)25-19-38-16-17-39-25/h16-17,19-24,26-28,30-31,45H,7-15,18H2,1-6H3,(H,40,49)(H,41,47)(H,42,46)(H,43,48)/t22?,23-,24-,26-,27-,28-,30?,31+/m0/s1. The molecule has 12 nitrogen and oxygen atoms in total. The minimum absolute atomic E-state index is 0.0289. The van der Waals surface area contributed by atoms with E-state index in [1.165, 1.54) is 18.6 Å². The highest BCUT2D eigenvalue weighted by molar-refractivity contribution is 5.99. The van der Waals surface area contributed by atoms with Crippen LogP contribution in [-0.2, 0) is 19.2 Å². The highest BCUT2D eigenvalue weighted by Gasteiger charge is 2.70. The summed E-state index contributed by atoms with van der Waals surface area (Å²) in [6.45, 7) is 11.8. The molecule has 2 unspecified atom stereocenters. The van der Waals surface area contributed by atoms with Crippen LogP contribution >= 0.6 is 0 Å². The van der Waals surface area contributed by atoms with Gasteiger partial charge in [-0.3, -0.25) is 29.0 Å². The second kappa shape index (κ2) is 14.8. The Labute approximate surface area is 290 Å². The zero-order valence-electron chi connectivity index (χ0n) is 30.0. The quantitative estimate of drug-likeness (QED) is 0.199. The van der Waals surface area contributed by atoms with Crippen molar-refractivity contribution in [3.05, 3.63) is 24.3 Å². The van der Waals surface area contributed by atoms with Crippen LogP contribution in [0.4, 0.5) is 0 Å². The fourth-order valence-electron chi connectivity index (χ4n) is 8.51. The first-order valence-electron chi connectivity index (χ1n) is 18.3. The molecule has 1 aromatic rings. The number of hydrogen-bond donors (Lipinski definition) is 5. The van der Waals surface area contributed by atoms with Crippen LogP contribution in [-0.4, -0.2) is 74.8 Å². The molecular formula is C37H56N6O6. The van der Waals surface area contributed by atoms with E-state index in [4.69, 9.17) is 0 Å². The second-order valence-electron chi connectivity index (χ2n) is 16.6. The van der Waals surface area contributed by atoms with Gasteiger partial charge in [0, 0.05) is 24.4 Å². The number of aromatic nitrogens is 2. The van der Waals surface area contributed by atoms with E-state index >= 15 is 0 Å². The molecule has 270 valence electrons. The third kappa shape index (κ3) is 8.32. The van der Waals surface area contributed by atoms with Crippen LogP contribution in [0.1, 0.15) is 116 Å². The van der Waals surface area contributed by atoms with Crippen molar-refractivity contribution in [2.45, 2.75) is 136 Å². The minimum atomic E-state index is -1.39. The molecule has 0 radical (unpaired) electrons. The fourth-order valence-corrected chi connectivity index (χ4v) is 8.51. The molecule has 4 fully saturated rings. The van der Waals surface area contributed by atoms with Gasteiger partial charge >= 0.3 is 0 Å². The Hall–Kier alpha value is -3.41. The number of carbonyl (C=O) groups is 5. The fraction of sp³-hybridized carbons (Fsp3) is 0.757. The smallest absolute Gasteiger partial charge is 0.272 e. The van der Waals surface area contributed by atoms with Gasteiger partial charge in [0.25, 0.3) is 11.8 Å². The molecule has 0 bridgehead atoms. The lowest BCUT2D eigenvalue weighted by atomic mass is 9.73. The highest BCUT2D eigenvalue weighted by Crippen LogP contribution is 2.71. The Morgan fingerprint density at radius 2 is 1.65 bits per heavy atom.